The lowest BCUT2D eigenvalue weighted by atomic mass is 10.1. The Bertz CT molecular complexity index is 900. The van der Waals surface area contributed by atoms with E-state index in [1.54, 1.807) is 6.20 Å². The number of pyridine rings is 1. The van der Waals surface area contributed by atoms with E-state index in [4.69, 9.17) is 20.9 Å². The molecule has 0 radical (unpaired) electrons. The number of nitrogens with two attached hydrogens (primary N) is 2. The molecule has 0 aliphatic carbocycles. The van der Waals surface area contributed by atoms with E-state index in [1.807, 2.05) is 18.2 Å². The number of nitrogens with zero attached hydrogens (tertiary/aromatic N) is 3. The van der Waals surface area contributed by atoms with Crippen LogP contribution in [0, 0.1) is 0 Å². The second-order valence-corrected chi connectivity index (χ2v) is 8.83. The van der Waals surface area contributed by atoms with Gasteiger partial charge in [0.25, 0.3) is 5.91 Å². The first-order valence-electron chi connectivity index (χ1n) is 9.13. The van der Waals surface area contributed by atoms with Crippen LogP contribution in [0.2, 0.25) is 0 Å². The SMILES string of the molecule is NC(=O)c1ncn([C@@H]2O[C@H](COC(=O)NCCSSc3ccccn3)[C@@H](O)[C@H]2O)c1N. The fourth-order valence-corrected chi connectivity index (χ4v) is 4.55. The van der Waals surface area contributed by atoms with Crippen LogP contribution in [0.15, 0.2) is 35.7 Å². The molecule has 0 spiro atoms. The second kappa shape index (κ2) is 10.7. The molecule has 1 aliphatic rings. The van der Waals surface area contributed by atoms with Gasteiger partial charge in [-0.25, -0.2) is 14.8 Å². The van der Waals surface area contributed by atoms with E-state index < -0.39 is 36.5 Å². The maximum atomic E-state index is 11.9. The highest BCUT2D eigenvalue weighted by Crippen LogP contribution is 2.32. The number of aliphatic hydroxyl groups excluding tert-OH is 2. The van der Waals surface area contributed by atoms with Crippen molar-refractivity contribution < 1.29 is 29.3 Å². The maximum Gasteiger partial charge on any atom is 0.407 e. The molecule has 2 aromatic rings. The van der Waals surface area contributed by atoms with Gasteiger partial charge in [0, 0.05) is 18.5 Å². The third-order valence-electron chi connectivity index (χ3n) is 4.29. The first-order valence-corrected chi connectivity index (χ1v) is 11.4. The Kier molecular flexibility index (Phi) is 7.97. The number of hydrogen-bond donors (Lipinski definition) is 5. The van der Waals surface area contributed by atoms with Crippen molar-refractivity contribution in [2.45, 2.75) is 29.6 Å². The Labute approximate surface area is 185 Å². The lowest BCUT2D eigenvalue weighted by Gasteiger charge is -2.17. The van der Waals surface area contributed by atoms with Crippen molar-refractivity contribution in [2.24, 2.45) is 5.73 Å². The first-order chi connectivity index (χ1) is 14.9. The molecule has 0 aromatic carbocycles. The first kappa shape index (κ1) is 23.1. The average Bonchev–Trinajstić information content (AvgIpc) is 3.27. The number of imidazole rings is 1. The smallest absolute Gasteiger partial charge is 0.407 e. The minimum absolute atomic E-state index is 0.107. The third kappa shape index (κ3) is 5.80. The normalized spacial score (nSPS) is 22.9. The molecule has 1 aliphatic heterocycles. The summed E-state index contributed by atoms with van der Waals surface area (Å²) in [5.74, 6) is -0.316. The highest BCUT2D eigenvalue weighted by atomic mass is 33.1. The van der Waals surface area contributed by atoms with Crippen molar-refractivity contribution in [3.63, 3.8) is 0 Å². The van der Waals surface area contributed by atoms with Gasteiger partial charge in [-0.2, -0.15) is 0 Å². The number of primary amides is 1. The summed E-state index contributed by atoms with van der Waals surface area (Å²) in [6, 6.07) is 5.62. The number of aliphatic hydroxyl groups is 2. The minimum Gasteiger partial charge on any atom is -0.447 e. The predicted octanol–water partition coefficient (Wildman–Crippen LogP) is -0.255. The maximum absolute atomic E-state index is 11.9. The predicted molar refractivity (Wildman–Crippen MR) is 113 cm³/mol. The van der Waals surface area contributed by atoms with Crippen LogP contribution >= 0.6 is 21.6 Å². The molecule has 0 saturated carbocycles. The summed E-state index contributed by atoms with van der Waals surface area (Å²) in [6.45, 7) is 0.0673. The van der Waals surface area contributed by atoms with Crippen LogP contribution in [0.3, 0.4) is 0 Å². The molecule has 0 bridgehead atoms. The number of amides is 2. The van der Waals surface area contributed by atoms with Crippen LogP contribution in [0.4, 0.5) is 10.6 Å². The van der Waals surface area contributed by atoms with Crippen molar-refractivity contribution in [1.82, 2.24) is 19.9 Å². The van der Waals surface area contributed by atoms with E-state index in [0.29, 0.717) is 12.3 Å². The van der Waals surface area contributed by atoms with Crippen molar-refractivity contribution >= 4 is 39.4 Å². The number of nitrogen functional groups attached to an aromatic ring is 1. The number of alkyl carbamates (subject to hydrolysis) is 1. The van der Waals surface area contributed by atoms with Gasteiger partial charge in [-0.1, -0.05) is 16.9 Å². The van der Waals surface area contributed by atoms with Crippen LogP contribution in [-0.4, -0.2) is 74.0 Å². The van der Waals surface area contributed by atoms with E-state index in [1.165, 1.54) is 32.5 Å². The molecular formula is C17H22N6O6S2. The summed E-state index contributed by atoms with van der Waals surface area (Å²) in [5, 5.41) is 23.9. The molecule has 14 heteroatoms. The van der Waals surface area contributed by atoms with E-state index in [0.717, 1.165) is 5.03 Å². The Hall–Kier alpha value is -2.52. The summed E-state index contributed by atoms with van der Waals surface area (Å²) in [6.07, 6.45) is -2.65. The number of carbonyl (C=O) groups is 2. The van der Waals surface area contributed by atoms with Crippen molar-refractivity contribution in [3.05, 3.63) is 36.4 Å². The monoisotopic (exact) mass is 470 g/mol. The molecule has 2 amide bonds. The van der Waals surface area contributed by atoms with Crippen LogP contribution in [0.5, 0.6) is 0 Å². The lowest BCUT2D eigenvalue weighted by Crippen LogP contribution is -2.36. The van der Waals surface area contributed by atoms with E-state index in [2.05, 4.69) is 15.3 Å². The largest absolute Gasteiger partial charge is 0.447 e. The molecule has 7 N–H and O–H groups in total. The van der Waals surface area contributed by atoms with Crippen LogP contribution in [0.1, 0.15) is 16.7 Å². The van der Waals surface area contributed by atoms with Crippen molar-refractivity contribution in [1.29, 1.82) is 0 Å². The summed E-state index contributed by atoms with van der Waals surface area (Å²) in [4.78, 5) is 31.1. The van der Waals surface area contributed by atoms with Crippen LogP contribution < -0.4 is 16.8 Å². The number of carbonyl (C=O) groups excluding carboxylic acids is 2. The van der Waals surface area contributed by atoms with Crippen molar-refractivity contribution in [3.8, 4) is 0 Å². The molecule has 1 fully saturated rings. The molecule has 12 nitrogen and oxygen atoms in total. The molecule has 31 heavy (non-hydrogen) atoms. The van der Waals surface area contributed by atoms with Gasteiger partial charge in [0.1, 0.15) is 35.8 Å². The zero-order chi connectivity index (χ0) is 22.4. The number of ether oxygens (including phenoxy) is 2. The van der Waals surface area contributed by atoms with Gasteiger partial charge in [0.15, 0.2) is 11.9 Å². The highest BCUT2D eigenvalue weighted by Gasteiger charge is 2.45. The van der Waals surface area contributed by atoms with Crippen LogP contribution in [0.25, 0.3) is 0 Å². The zero-order valence-corrected chi connectivity index (χ0v) is 17.8. The molecule has 3 heterocycles. The fraction of sp³-hybridized carbons (Fsp3) is 0.412. The summed E-state index contributed by atoms with van der Waals surface area (Å²) in [5.41, 5.74) is 10.8. The van der Waals surface area contributed by atoms with Gasteiger partial charge in [0.05, 0.1) is 6.33 Å². The molecule has 3 rings (SSSR count). The quantitative estimate of drug-likeness (QED) is 0.240. The summed E-state index contributed by atoms with van der Waals surface area (Å²) < 4.78 is 11.8. The standard InChI is InChI=1S/C17H22N6O6S2/c18-14-11(15(19)26)22-8-23(14)16-13(25)12(24)9(29-16)7-28-17(27)21-5-6-30-31-10-3-1-2-4-20-10/h1-4,8-9,12-13,16,24-25H,5-7,18H2,(H2,19,26)(H,21,27)/t9-,12-,13-,16-/m1/s1. The van der Waals surface area contributed by atoms with E-state index in [9.17, 15) is 19.8 Å². The zero-order valence-electron chi connectivity index (χ0n) is 16.2. The number of aromatic nitrogens is 3. The Morgan fingerprint density at radius 2 is 2.10 bits per heavy atom. The van der Waals surface area contributed by atoms with Gasteiger partial charge in [0.2, 0.25) is 0 Å². The molecule has 168 valence electrons. The van der Waals surface area contributed by atoms with Gasteiger partial charge in [-0.05, 0) is 22.9 Å². The van der Waals surface area contributed by atoms with Gasteiger partial charge in [-0.3, -0.25) is 9.36 Å². The topological polar surface area (TPSA) is 188 Å². The lowest BCUT2D eigenvalue weighted by molar-refractivity contribution is -0.0539. The Morgan fingerprint density at radius 1 is 1.29 bits per heavy atom. The third-order valence-corrected chi connectivity index (χ3v) is 6.56. The van der Waals surface area contributed by atoms with Crippen molar-refractivity contribution in [2.75, 3.05) is 24.6 Å². The van der Waals surface area contributed by atoms with Gasteiger partial charge < -0.3 is 36.5 Å². The summed E-state index contributed by atoms with van der Waals surface area (Å²) in [7, 11) is 3.02. The van der Waals surface area contributed by atoms with E-state index in [-0.39, 0.29) is 18.1 Å². The number of anilines is 1. The number of nitrogens with one attached hydrogen (secondary N) is 1. The van der Waals surface area contributed by atoms with Crippen LogP contribution in [-0.2, 0) is 9.47 Å². The van der Waals surface area contributed by atoms with Gasteiger partial charge in [-0.15, -0.1) is 0 Å². The van der Waals surface area contributed by atoms with Gasteiger partial charge >= 0.3 is 6.09 Å². The summed E-state index contributed by atoms with van der Waals surface area (Å²) >= 11 is 0. The average molecular weight is 471 g/mol. The molecular weight excluding hydrogens is 448 g/mol. The molecule has 2 aromatic heterocycles. The number of rotatable bonds is 9. The molecule has 0 unspecified atom stereocenters. The Balaban J connectivity index is 1.41. The number of hydrogen-bond acceptors (Lipinski definition) is 11. The second-order valence-electron chi connectivity index (χ2n) is 6.39. The molecule has 4 atom stereocenters. The molecule has 1 saturated heterocycles. The fourth-order valence-electron chi connectivity index (χ4n) is 2.76. The van der Waals surface area contributed by atoms with E-state index >= 15 is 0 Å². The Morgan fingerprint density at radius 3 is 2.77 bits per heavy atom. The minimum atomic E-state index is -1.38. The highest BCUT2D eigenvalue weighted by molar-refractivity contribution is 8.76.